The van der Waals surface area contributed by atoms with E-state index in [1.165, 1.54) is 6.20 Å². The van der Waals surface area contributed by atoms with E-state index in [1.54, 1.807) is 18.2 Å². The molecule has 0 atom stereocenters. The maximum atomic E-state index is 12.2. The number of benzene rings is 1. The summed E-state index contributed by atoms with van der Waals surface area (Å²) in [5.74, 6) is -0.184. The van der Waals surface area contributed by atoms with Gasteiger partial charge >= 0.3 is 0 Å². The number of rotatable bonds is 2. The summed E-state index contributed by atoms with van der Waals surface area (Å²) in [5.41, 5.74) is 3.56. The molecule has 1 amide bonds. The van der Waals surface area contributed by atoms with Crippen molar-refractivity contribution in [1.29, 1.82) is 5.26 Å². The average Bonchev–Trinajstić information content (AvgIpc) is 2.71. The third-order valence-electron chi connectivity index (χ3n) is 3.61. The fraction of sp³-hybridized carbons (Fsp3) is 0.176. The molecular weight excluding hydrogens is 326 g/mol. The lowest BCUT2D eigenvalue weighted by Gasteiger charge is -2.16. The molecule has 0 radical (unpaired) electrons. The lowest BCUT2D eigenvalue weighted by atomic mass is 10.1. The lowest BCUT2D eigenvalue weighted by molar-refractivity contribution is -0.115. The van der Waals surface area contributed by atoms with Gasteiger partial charge in [0, 0.05) is 25.9 Å². The number of hydrogen-bond acceptors (Lipinski definition) is 5. The Bertz CT molecular complexity index is 898. The summed E-state index contributed by atoms with van der Waals surface area (Å²) in [7, 11) is 3.77. The van der Waals surface area contributed by atoms with Gasteiger partial charge in [-0.05, 0) is 24.3 Å². The van der Waals surface area contributed by atoms with Gasteiger partial charge in [0.05, 0.1) is 34.2 Å². The number of carbonyl (C=O) groups is 1. The Morgan fingerprint density at radius 1 is 1.33 bits per heavy atom. The Morgan fingerprint density at radius 2 is 2.12 bits per heavy atom. The first kappa shape index (κ1) is 16.0. The number of nitriles is 1. The summed E-state index contributed by atoms with van der Waals surface area (Å²) < 4.78 is 0. The van der Waals surface area contributed by atoms with Crippen LogP contribution in [0.2, 0.25) is 5.02 Å². The topological polar surface area (TPSA) is 81.4 Å². The molecule has 7 heteroatoms. The van der Waals surface area contributed by atoms with E-state index in [0.29, 0.717) is 27.7 Å². The zero-order valence-electron chi connectivity index (χ0n) is 13.2. The molecule has 1 aromatic heterocycles. The van der Waals surface area contributed by atoms with Gasteiger partial charge in [0.15, 0.2) is 0 Å². The second-order valence-corrected chi connectivity index (χ2v) is 5.95. The number of nitrogens with one attached hydrogen (secondary N) is 1. The molecule has 0 saturated carbocycles. The minimum absolute atomic E-state index is 0.110. The van der Waals surface area contributed by atoms with Gasteiger partial charge in [0.25, 0.3) is 0 Å². The second kappa shape index (κ2) is 6.30. The molecular formula is C17H14ClN5O. The number of pyridine rings is 1. The molecule has 6 nitrogen and oxygen atoms in total. The van der Waals surface area contributed by atoms with Crippen molar-refractivity contribution in [3.63, 3.8) is 0 Å². The van der Waals surface area contributed by atoms with Crippen LogP contribution in [0.25, 0.3) is 0 Å². The zero-order chi connectivity index (χ0) is 17.3. The number of amides is 1. The molecule has 2 aromatic rings. The molecule has 0 unspecified atom stereocenters. The number of nitrogens with zero attached hydrogens (tertiary/aromatic N) is 4. The first-order valence-electron chi connectivity index (χ1n) is 7.22. The van der Waals surface area contributed by atoms with Gasteiger partial charge in [-0.1, -0.05) is 11.6 Å². The minimum atomic E-state index is -0.184. The van der Waals surface area contributed by atoms with E-state index in [0.717, 1.165) is 5.69 Å². The highest BCUT2D eigenvalue weighted by atomic mass is 35.5. The van der Waals surface area contributed by atoms with Gasteiger partial charge in [-0.25, -0.2) is 4.98 Å². The van der Waals surface area contributed by atoms with Crippen LogP contribution in [0.15, 0.2) is 35.5 Å². The van der Waals surface area contributed by atoms with Crippen LogP contribution in [0.5, 0.6) is 0 Å². The fourth-order valence-electron chi connectivity index (χ4n) is 2.46. The van der Waals surface area contributed by atoms with E-state index in [4.69, 9.17) is 16.9 Å². The quantitative estimate of drug-likeness (QED) is 0.911. The SMILES string of the molecule is CN(C)c1cc2c(cc1Cl)NC(=O)CC(c1ccnc(C#N)c1)=N2. The maximum absolute atomic E-state index is 12.2. The van der Waals surface area contributed by atoms with Crippen LogP contribution in [-0.2, 0) is 4.79 Å². The van der Waals surface area contributed by atoms with Crippen molar-refractivity contribution in [3.05, 3.63) is 46.7 Å². The highest BCUT2D eigenvalue weighted by Crippen LogP contribution is 2.37. The smallest absolute Gasteiger partial charge is 0.230 e. The Morgan fingerprint density at radius 3 is 2.83 bits per heavy atom. The van der Waals surface area contributed by atoms with E-state index in [2.05, 4.69) is 15.3 Å². The Labute approximate surface area is 144 Å². The Hall–Kier alpha value is -2.91. The molecule has 3 rings (SSSR count). The molecule has 24 heavy (non-hydrogen) atoms. The summed E-state index contributed by atoms with van der Waals surface area (Å²) in [5, 5.41) is 12.4. The second-order valence-electron chi connectivity index (χ2n) is 5.54. The third-order valence-corrected chi connectivity index (χ3v) is 3.91. The number of carbonyl (C=O) groups excluding carboxylic acids is 1. The summed E-state index contributed by atoms with van der Waals surface area (Å²) in [4.78, 5) is 22.6. The van der Waals surface area contributed by atoms with Crippen LogP contribution >= 0.6 is 11.6 Å². The van der Waals surface area contributed by atoms with Crippen LogP contribution in [0.1, 0.15) is 17.7 Å². The Balaban J connectivity index is 2.15. The predicted octanol–water partition coefficient (Wildman–Crippen LogP) is 3.14. The molecule has 1 aliphatic rings. The molecule has 1 aromatic carbocycles. The molecule has 0 fully saturated rings. The van der Waals surface area contributed by atoms with Gasteiger partial charge in [0.1, 0.15) is 11.8 Å². The van der Waals surface area contributed by atoms with Crippen LogP contribution in [0.3, 0.4) is 0 Å². The number of aromatic nitrogens is 1. The molecule has 0 saturated heterocycles. The number of halogens is 1. The van der Waals surface area contributed by atoms with E-state index >= 15 is 0 Å². The standard InChI is InChI=1S/C17H14ClN5O/c1-23(2)16-7-15-14(6-12(16)18)22-17(24)8-13(21-15)10-3-4-20-11(5-10)9-19/h3-7H,8H2,1-2H3,(H,22,24). The number of anilines is 2. The van der Waals surface area contributed by atoms with Crippen molar-refractivity contribution >= 4 is 40.3 Å². The van der Waals surface area contributed by atoms with Crippen molar-refractivity contribution in [1.82, 2.24) is 4.98 Å². The molecule has 120 valence electrons. The maximum Gasteiger partial charge on any atom is 0.230 e. The summed E-state index contributed by atoms with van der Waals surface area (Å²) in [6.45, 7) is 0. The third kappa shape index (κ3) is 3.07. The molecule has 0 spiro atoms. The Kier molecular flexibility index (Phi) is 4.19. The average molecular weight is 340 g/mol. The largest absolute Gasteiger partial charge is 0.376 e. The number of aliphatic imine (C=N–C) groups is 1. The van der Waals surface area contributed by atoms with Crippen LogP contribution in [-0.4, -0.2) is 30.7 Å². The zero-order valence-corrected chi connectivity index (χ0v) is 13.9. The van der Waals surface area contributed by atoms with E-state index < -0.39 is 0 Å². The predicted molar refractivity (Wildman–Crippen MR) is 94.2 cm³/mol. The molecule has 0 bridgehead atoms. The van der Waals surface area contributed by atoms with Crippen LogP contribution in [0.4, 0.5) is 17.1 Å². The lowest BCUT2D eigenvalue weighted by Crippen LogP contribution is -2.15. The van der Waals surface area contributed by atoms with Crippen molar-refractivity contribution in [3.8, 4) is 6.07 Å². The number of hydrogen-bond donors (Lipinski definition) is 1. The van der Waals surface area contributed by atoms with Gasteiger partial charge < -0.3 is 10.2 Å². The van der Waals surface area contributed by atoms with Crippen LogP contribution in [0, 0.1) is 11.3 Å². The van der Waals surface area contributed by atoms with Gasteiger partial charge in [-0.2, -0.15) is 5.26 Å². The molecule has 1 aliphatic heterocycles. The number of fused-ring (bicyclic) bond motifs is 1. The normalized spacial score (nSPS) is 13.2. The van der Waals surface area contributed by atoms with Gasteiger partial charge in [0.2, 0.25) is 5.91 Å². The van der Waals surface area contributed by atoms with Crippen molar-refractivity contribution < 1.29 is 4.79 Å². The minimum Gasteiger partial charge on any atom is -0.376 e. The van der Waals surface area contributed by atoms with E-state index in [-0.39, 0.29) is 18.0 Å². The molecule has 1 N–H and O–H groups in total. The van der Waals surface area contributed by atoms with Gasteiger partial charge in [-0.3, -0.25) is 9.79 Å². The van der Waals surface area contributed by atoms with E-state index in [9.17, 15) is 4.79 Å². The summed E-state index contributed by atoms with van der Waals surface area (Å²) in [6, 6.07) is 8.88. The molecule has 2 heterocycles. The van der Waals surface area contributed by atoms with E-state index in [1.807, 2.05) is 31.1 Å². The van der Waals surface area contributed by atoms with Crippen molar-refractivity contribution in [2.24, 2.45) is 4.99 Å². The van der Waals surface area contributed by atoms with Crippen molar-refractivity contribution in [2.45, 2.75) is 6.42 Å². The van der Waals surface area contributed by atoms with Crippen LogP contribution < -0.4 is 10.2 Å². The summed E-state index contributed by atoms with van der Waals surface area (Å²) in [6.07, 6.45) is 1.64. The summed E-state index contributed by atoms with van der Waals surface area (Å²) >= 11 is 6.26. The van der Waals surface area contributed by atoms with Crippen molar-refractivity contribution in [2.75, 3.05) is 24.3 Å². The fourth-order valence-corrected chi connectivity index (χ4v) is 2.79. The molecule has 0 aliphatic carbocycles. The highest BCUT2D eigenvalue weighted by Gasteiger charge is 2.19. The first-order valence-corrected chi connectivity index (χ1v) is 7.60. The first-order chi connectivity index (χ1) is 11.5. The van der Waals surface area contributed by atoms with Gasteiger partial charge in [-0.15, -0.1) is 0 Å². The highest BCUT2D eigenvalue weighted by molar-refractivity contribution is 6.34. The monoisotopic (exact) mass is 339 g/mol.